The van der Waals surface area contributed by atoms with Crippen molar-refractivity contribution < 1.29 is 14.7 Å². The minimum Gasteiger partial charge on any atom is -0.480 e. The van der Waals surface area contributed by atoms with Gasteiger partial charge in [0.05, 0.1) is 0 Å². The van der Waals surface area contributed by atoms with Crippen LogP contribution < -0.4 is 11.1 Å². The lowest BCUT2D eigenvalue weighted by Crippen LogP contribution is -2.50. The fourth-order valence-corrected chi connectivity index (χ4v) is 1.64. The van der Waals surface area contributed by atoms with Crippen LogP contribution in [0.5, 0.6) is 0 Å². The SMILES string of the molecule is BCCCCC(N)(CCNC(=O)C(C)C)C(=O)O. The van der Waals surface area contributed by atoms with Gasteiger partial charge in [-0.1, -0.05) is 33.0 Å². The summed E-state index contributed by atoms with van der Waals surface area (Å²) >= 11 is 0. The standard InChI is InChI=1S/C12H25BN2O3/c1-9(2)10(16)15-8-6-12(14,11(17)18)5-3-4-7-13/h9H,3-8,13-14H2,1-2H3,(H,15,16)(H,17,18). The maximum Gasteiger partial charge on any atom is 0.323 e. The Morgan fingerprint density at radius 3 is 2.39 bits per heavy atom. The summed E-state index contributed by atoms with van der Waals surface area (Å²) in [5.74, 6) is -1.16. The molecule has 1 amide bonds. The molecule has 1 atom stereocenters. The predicted molar refractivity (Wildman–Crippen MR) is 74.2 cm³/mol. The van der Waals surface area contributed by atoms with Crippen LogP contribution in [0.25, 0.3) is 0 Å². The van der Waals surface area contributed by atoms with Crippen molar-refractivity contribution in [2.24, 2.45) is 11.7 Å². The number of carbonyl (C=O) groups is 2. The zero-order chi connectivity index (χ0) is 14.2. The first kappa shape index (κ1) is 17.0. The number of nitrogens with one attached hydrogen (secondary N) is 1. The van der Waals surface area contributed by atoms with E-state index in [1.54, 1.807) is 13.8 Å². The Morgan fingerprint density at radius 2 is 1.94 bits per heavy atom. The van der Waals surface area contributed by atoms with Gasteiger partial charge in [-0.3, -0.25) is 9.59 Å². The molecular weight excluding hydrogens is 231 g/mol. The lowest BCUT2D eigenvalue weighted by atomic mass is 9.88. The molecule has 0 saturated heterocycles. The van der Waals surface area contributed by atoms with E-state index in [-0.39, 0.29) is 18.2 Å². The molecule has 0 rings (SSSR count). The molecule has 104 valence electrons. The lowest BCUT2D eigenvalue weighted by Gasteiger charge is -2.25. The summed E-state index contributed by atoms with van der Waals surface area (Å²) in [6.45, 7) is 3.90. The molecule has 0 aliphatic rings. The highest BCUT2D eigenvalue weighted by atomic mass is 16.4. The van der Waals surface area contributed by atoms with E-state index in [9.17, 15) is 9.59 Å². The summed E-state index contributed by atoms with van der Waals surface area (Å²) in [6.07, 6.45) is 3.53. The van der Waals surface area contributed by atoms with Crippen molar-refractivity contribution in [1.29, 1.82) is 0 Å². The number of rotatable bonds is 9. The van der Waals surface area contributed by atoms with Crippen LogP contribution in [0.2, 0.25) is 6.32 Å². The Labute approximate surface area is 110 Å². The van der Waals surface area contributed by atoms with Crippen LogP contribution in [0.4, 0.5) is 0 Å². The summed E-state index contributed by atoms with van der Waals surface area (Å²) in [5.41, 5.74) is 4.67. The predicted octanol–water partition coefficient (Wildman–Crippen LogP) is 0.153. The largest absolute Gasteiger partial charge is 0.480 e. The third-order valence-electron chi connectivity index (χ3n) is 3.05. The normalized spacial score (nSPS) is 14.2. The molecule has 0 radical (unpaired) electrons. The molecule has 0 heterocycles. The molecular formula is C12H25BN2O3. The molecule has 6 heteroatoms. The maximum absolute atomic E-state index is 11.4. The second kappa shape index (κ2) is 8.13. The number of aliphatic carboxylic acids is 1. The number of unbranched alkanes of at least 4 members (excludes halogenated alkanes) is 1. The molecule has 0 aliphatic carbocycles. The van der Waals surface area contributed by atoms with Crippen LogP contribution in [0.15, 0.2) is 0 Å². The fraction of sp³-hybridized carbons (Fsp3) is 0.833. The molecule has 0 aromatic carbocycles. The van der Waals surface area contributed by atoms with Gasteiger partial charge < -0.3 is 16.2 Å². The molecule has 0 spiro atoms. The maximum atomic E-state index is 11.4. The van der Waals surface area contributed by atoms with E-state index in [2.05, 4.69) is 13.2 Å². The first-order chi connectivity index (χ1) is 8.33. The Balaban J connectivity index is 4.18. The average molecular weight is 256 g/mol. The molecule has 18 heavy (non-hydrogen) atoms. The van der Waals surface area contributed by atoms with Crippen molar-refractivity contribution in [3.05, 3.63) is 0 Å². The van der Waals surface area contributed by atoms with Crippen molar-refractivity contribution in [3.63, 3.8) is 0 Å². The number of carboxylic acid groups (broad SMARTS) is 1. The van der Waals surface area contributed by atoms with E-state index in [4.69, 9.17) is 10.8 Å². The lowest BCUT2D eigenvalue weighted by molar-refractivity contribution is -0.144. The summed E-state index contributed by atoms with van der Waals surface area (Å²) in [4.78, 5) is 22.5. The Kier molecular flexibility index (Phi) is 7.67. The molecule has 5 nitrogen and oxygen atoms in total. The fourth-order valence-electron chi connectivity index (χ4n) is 1.64. The van der Waals surface area contributed by atoms with Gasteiger partial charge >= 0.3 is 5.97 Å². The van der Waals surface area contributed by atoms with Gasteiger partial charge in [-0.15, -0.1) is 0 Å². The van der Waals surface area contributed by atoms with Crippen molar-refractivity contribution in [3.8, 4) is 0 Å². The van der Waals surface area contributed by atoms with Gasteiger partial charge in [0.2, 0.25) is 5.91 Å². The summed E-state index contributed by atoms with van der Waals surface area (Å²) in [7, 11) is 2.06. The first-order valence-corrected chi connectivity index (χ1v) is 6.63. The number of hydrogen-bond acceptors (Lipinski definition) is 3. The van der Waals surface area contributed by atoms with E-state index in [1.165, 1.54) is 0 Å². The van der Waals surface area contributed by atoms with Crippen LogP contribution in [0.3, 0.4) is 0 Å². The van der Waals surface area contributed by atoms with Crippen molar-refractivity contribution in [1.82, 2.24) is 5.32 Å². The van der Waals surface area contributed by atoms with Crippen molar-refractivity contribution in [2.75, 3.05) is 6.54 Å². The molecule has 0 aliphatic heterocycles. The van der Waals surface area contributed by atoms with E-state index in [0.717, 1.165) is 19.2 Å². The van der Waals surface area contributed by atoms with Gasteiger partial charge in [0.15, 0.2) is 0 Å². The van der Waals surface area contributed by atoms with Gasteiger partial charge in [-0.05, 0) is 12.8 Å². The third kappa shape index (κ3) is 6.05. The average Bonchev–Trinajstić information content (AvgIpc) is 2.28. The van der Waals surface area contributed by atoms with E-state index < -0.39 is 11.5 Å². The zero-order valence-corrected chi connectivity index (χ0v) is 11.7. The quantitative estimate of drug-likeness (QED) is 0.404. The monoisotopic (exact) mass is 256 g/mol. The number of amides is 1. The van der Waals surface area contributed by atoms with Crippen molar-refractivity contribution in [2.45, 2.75) is 51.4 Å². The highest BCUT2D eigenvalue weighted by Gasteiger charge is 2.32. The highest BCUT2D eigenvalue weighted by Crippen LogP contribution is 2.16. The number of hydrogen-bond donors (Lipinski definition) is 3. The molecule has 0 fully saturated rings. The van der Waals surface area contributed by atoms with Crippen molar-refractivity contribution >= 4 is 19.7 Å². The topological polar surface area (TPSA) is 92.4 Å². The Morgan fingerprint density at radius 1 is 1.33 bits per heavy atom. The van der Waals surface area contributed by atoms with E-state index in [0.29, 0.717) is 13.0 Å². The Bertz CT molecular complexity index is 284. The second-order valence-electron chi connectivity index (χ2n) is 5.11. The van der Waals surface area contributed by atoms with Crippen LogP contribution in [-0.2, 0) is 9.59 Å². The van der Waals surface area contributed by atoms with Gasteiger partial charge in [0.25, 0.3) is 0 Å². The highest BCUT2D eigenvalue weighted by molar-refractivity contribution is 6.08. The number of carboxylic acids is 1. The van der Waals surface area contributed by atoms with Crippen LogP contribution >= 0.6 is 0 Å². The van der Waals surface area contributed by atoms with Gasteiger partial charge in [0.1, 0.15) is 13.4 Å². The third-order valence-corrected chi connectivity index (χ3v) is 3.05. The number of nitrogens with two attached hydrogens (primary N) is 1. The molecule has 0 bridgehead atoms. The Hall–Kier alpha value is -1.04. The molecule has 0 saturated carbocycles. The minimum atomic E-state index is -1.22. The summed E-state index contributed by atoms with van der Waals surface area (Å²) < 4.78 is 0. The minimum absolute atomic E-state index is 0.0729. The van der Waals surface area contributed by atoms with Gasteiger partial charge in [-0.2, -0.15) is 0 Å². The zero-order valence-electron chi connectivity index (χ0n) is 11.7. The van der Waals surface area contributed by atoms with Crippen LogP contribution in [0.1, 0.15) is 39.5 Å². The van der Waals surface area contributed by atoms with E-state index in [1.807, 2.05) is 0 Å². The molecule has 0 aromatic rings. The molecule has 1 unspecified atom stereocenters. The summed E-state index contributed by atoms with van der Waals surface area (Å²) in [6, 6.07) is 0. The molecule has 0 aromatic heterocycles. The molecule has 4 N–H and O–H groups in total. The summed E-state index contributed by atoms with van der Waals surface area (Å²) in [5, 5.41) is 11.9. The van der Waals surface area contributed by atoms with Crippen LogP contribution in [0, 0.1) is 5.92 Å². The van der Waals surface area contributed by atoms with Gasteiger partial charge in [0, 0.05) is 12.5 Å². The van der Waals surface area contributed by atoms with Gasteiger partial charge in [-0.25, -0.2) is 0 Å². The van der Waals surface area contributed by atoms with E-state index >= 15 is 0 Å². The number of carbonyl (C=O) groups excluding carboxylic acids is 1. The smallest absolute Gasteiger partial charge is 0.323 e. The van der Waals surface area contributed by atoms with Crippen LogP contribution in [-0.4, -0.2) is 36.9 Å². The second-order valence-corrected chi connectivity index (χ2v) is 5.11. The first-order valence-electron chi connectivity index (χ1n) is 6.63.